The summed E-state index contributed by atoms with van der Waals surface area (Å²) in [6, 6.07) is 10.5. The molecule has 3 heteroatoms. The summed E-state index contributed by atoms with van der Waals surface area (Å²) in [7, 11) is 1.69. The quantitative estimate of drug-likeness (QED) is 0.891. The highest BCUT2D eigenvalue weighted by Gasteiger charge is 2.06. The molecule has 0 bridgehead atoms. The minimum atomic E-state index is 0.273. The van der Waals surface area contributed by atoms with E-state index in [2.05, 4.69) is 36.3 Å². The number of ether oxygens (including phenoxy) is 1. The normalized spacial score (nSPS) is 12.2. The lowest BCUT2D eigenvalue weighted by Crippen LogP contribution is -2.18. The molecule has 3 nitrogen and oxygen atoms in total. The number of pyridine rings is 1. The topological polar surface area (TPSA) is 34.1 Å². The highest BCUT2D eigenvalue weighted by molar-refractivity contribution is 5.30. The van der Waals surface area contributed by atoms with Crippen LogP contribution in [0.1, 0.15) is 29.7 Å². The zero-order valence-electron chi connectivity index (χ0n) is 11.7. The molecule has 0 radical (unpaired) electrons. The molecule has 0 saturated heterocycles. The molecule has 1 N–H and O–H groups in total. The van der Waals surface area contributed by atoms with Gasteiger partial charge in [0, 0.05) is 25.0 Å². The second-order valence-corrected chi connectivity index (χ2v) is 4.68. The average Bonchev–Trinajstić information content (AvgIpc) is 2.46. The van der Waals surface area contributed by atoms with Gasteiger partial charge in [-0.15, -0.1) is 0 Å². The van der Waals surface area contributed by atoms with Gasteiger partial charge in [0.05, 0.1) is 7.11 Å². The summed E-state index contributed by atoms with van der Waals surface area (Å²) in [6.07, 6.45) is 3.74. The molecule has 100 valence electrons. The third-order valence-corrected chi connectivity index (χ3v) is 3.34. The van der Waals surface area contributed by atoms with E-state index >= 15 is 0 Å². The Kier molecular flexibility index (Phi) is 4.53. The first-order valence-electron chi connectivity index (χ1n) is 6.47. The summed E-state index contributed by atoms with van der Waals surface area (Å²) < 4.78 is 5.25. The highest BCUT2D eigenvalue weighted by Crippen LogP contribution is 2.19. The summed E-state index contributed by atoms with van der Waals surface area (Å²) in [5, 5.41) is 3.51. The number of rotatable bonds is 5. The van der Waals surface area contributed by atoms with E-state index in [0.29, 0.717) is 0 Å². The van der Waals surface area contributed by atoms with Gasteiger partial charge in [0.15, 0.2) is 0 Å². The molecule has 1 aromatic carbocycles. The Morgan fingerprint density at radius 2 is 2.16 bits per heavy atom. The van der Waals surface area contributed by atoms with Crippen molar-refractivity contribution in [2.45, 2.75) is 26.4 Å². The van der Waals surface area contributed by atoms with Gasteiger partial charge in [-0.3, -0.25) is 4.98 Å². The van der Waals surface area contributed by atoms with Crippen molar-refractivity contribution in [1.29, 1.82) is 0 Å². The van der Waals surface area contributed by atoms with Crippen LogP contribution in [0.25, 0.3) is 0 Å². The lowest BCUT2D eigenvalue weighted by Gasteiger charge is -2.16. The summed E-state index contributed by atoms with van der Waals surface area (Å²) in [4.78, 5) is 4.16. The summed E-state index contributed by atoms with van der Waals surface area (Å²) in [5.74, 6) is 0.892. The first-order chi connectivity index (χ1) is 9.20. The summed E-state index contributed by atoms with van der Waals surface area (Å²) in [5.41, 5.74) is 3.72. The highest BCUT2D eigenvalue weighted by atomic mass is 16.5. The van der Waals surface area contributed by atoms with Crippen molar-refractivity contribution in [3.05, 3.63) is 59.4 Å². The van der Waals surface area contributed by atoms with Crippen LogP contribution >= 0.6 is 0 Å². The molecule has 0 saturated carbocycles. The van der Waals surface area contributed by atoms with Gasteiger partial charge in [0.25, 0.3) is 0 Å². The number of aryl methyl sites for hydroxylation is 1. The predicted molar refractivity (Wildman–Crippen MR) is 77.2 cm³/mol. The largest absolute Gasteiger partial charge is 0.497 e. The fourth-order valence-corrected chi connectivity index (χ4v) is 1.97. The molecule has 0 spiro atoms. The van der Waals surface area contributed by atoms with Crippen molar-refractivity contribution in [3.63, 3.8) is 0 Å². The Balaban J connectivity index is 2.01. The fraction of sp³-hybridized carbons (Fsp3) is 0.312. The number of benzene rings is 1. The first-order valence-corrected chi connectivity index (χ1v) is 6.47. The molecule has 2 rings (SSSR count). The molecular weight excluding hydrogens is 236 g/mol. The third-order valence-electron chi connectivity index (χ3n) is 3.34. The second-order valence-electron chi connectivity index (χ2n) is 4.68. The Bertz CT molecular complexity index is 540. The van der Waals surface area contributed by atoms with E-state index < -0.39 is 0 Å². The van der Waals surface area contributed by atoms with Crippen molar-refractivity contribution in [3.8, 4) is 5.75 Å². The van der Waals surface area contributed by atoms with E-state index in [1.165, 1.54) is 16.7 Å². The lowest BCUT2D eigenvalue weighted by atomic mass is 10.1. The minimum absolute atomic E-state index is 0.273. The van der Waals surface area contributed by atoms with Gasteiger partial charge >= 0.3 is 0 Å². The molecule has 1 unspecified atom stereocenters. The zero-order valence-corrected chi connectivity index (χ0v) is 11.7. The van der Waals surface area contributed by atoms with Crippen molar-refractivity contribution in [2.75, 3.05) is 7.11 Å². The standard InChI is InChI=1S/C16H20N2O/c1-12-7-8-17-10-15(12)11-18-13(2)14-5-4-6-16(9-14)19-3/h4-10,13,18H,11H2,1-3H3. The Hall–Kier alpha value is -1.87. The maximum atomic E-state index is 5.25. The van der Waals surface area contributed by atoms with E-state index in [1.807, 2.05) is 30.6 Å². The molecular formula is C16H20N2O. The van der Waals surface area contributed by atoms with Crippen molar-refractivity contribution in [1.82, 2.24) is 10.3 Å². The van der Waals surface area contributed by atoms with E-state index in [4.69, 9.17) is 4.74 Å². The van der Waals surface area contributed by atoms with E-state index in [9.17, 15) is 0 Å². The molecule has 0 fully saturated rings. The van der Waals surface area contributed by atoms with Crippen LogP contribution < -0.4 is 10.1 Å². The molecule has 2 aromatic rings. The monoisotopic (exact) mass is 256 g/mol. The van der Waals surface area contributed by atoms with Crippen LogP contribution in [0.2, 0.25) is 0 Å². The molecule has 0 aliphatic heterocycles. The average molecular weight is 256 g/mol. The van der Waals surface area contributed by atoms with Crippen LogP contribution in [0.15, 0.2) is 42.7 Å². The minimum Gasteiger partial charge on any atom is -0.497 e. The van der Waals surface area contributed by atoms with Crippen LogP contribution in [0, 0.1) is 6.92 Å². The third kappa shape index (κ3) is 3.55. The summed E-state index contributed by atoms with van der Waals surface area (Å²) >= 11 is 0. The number of methoxy groups -OCH3 is 1. The van der Waals surface area contributed by atoms with E-state index in [-0.39, 0.29) is 6.04 Å². The second kappa shape index (κ2) is 6.34. The number of nitrogens with one attached hydrogen (secondary N) is 1. The molecule has 0 amide bonds. The van der Waals surface area contributed by atoms with E-state index in [0.717, 1.165) is 12.3 Å². The molecule has 0 aliphatic rings. The number of aromatic nitrogens is 1. The number of nitrogens with zero attached hydrogens (tertiary/aromatic N) is 1. The van der Waals surface area contributed by atoms with Crippen LogP contribution in [0.4, 0.5) is 0 Å². The Morgan fingerprint density at radius 3 is 2.89 bits per heavy atom. The van der Waals surface area contributed by atoms with Crippen LogP contribution in [0.5, 0.6) is 5.75 Å². The molecule has 0 aliphatic carbocycles. The van der Waals surface area contributed by atoms with Crippen molar-refractivity contribution >= 4 is 0 Å². The zero-order chi connectivity index (χ0) is 13.7. The Labute approximate surface area is 114 Å². The van der Waals surface area contributed by atoms with Gasteiger partial charge in [-0.2, -0.15) is 0 Å². The maximum Gasteiger partial charge on any atom is 0.119 e. The van der Waals surface area contributed by atoms with Crippen LogP contribution in [-0.2, 0) is 6.54 Å². The van der Waals surface area contributed by atoms with Crippen LogP contribution in [0.3, 0.4) is 0 Å². The fourth-order valence-electron chi connectivity index (χ4n) is 1.97. The smallest absolute Gasteiger partial charge is 0.119 e. The first kappa shape index (κ1) is 13.6. The van der Waals surface area contributed by atoms with E-state index in [1.54, 1.807) is 7.11 Å². The van der Waals surface area contributed by atoms with Gasteiger partial charge in [-0.25, -0.2) is 0 Å². The van der Waals surface area contributed by atoms with Gasteiger partial charge in [-0.05, 0) is 48.7 Å². The SMILES string of the molecule is COc1cccc(C(C)NCc2cnccc2C)c1. The summed E-state index contributed by atoms with van der Waals surface area (Å²) in [6.45, 7) is 5.08. The number of hydrogen-bond acceptors (Lipinski definition) is 3. The van der Waals surface area contributed by atoms with Gasteiger partial charge < -0.3 is 10.1 Å². The molecule has 1 heterocycles. The van der Waals surface area contributed by atoms with Crippen LogP contribution in [-0.4, -0.2) is 12.1 Å². The lowest BCUT2D eigenvalue weighted by molar-refractivity contribution is 0.413. The maximum absolute atomic E-state index is 5.25. The van der Waals surface area contributed by atoms with Gasteiger partial charge in [0.1, 0.15) is 5.75 Å². The number of hydrogen-bond donors (Lipinski definition) is 1. The van der Waals surface area contributed by atoms with Crippen molar-refractivity contribution in [2.24, 2.45) is 0 Å². The Morgan fingerprint density at radius 1 is 1.32 bits per heavy atom. The van der Waals surface area contributed by atoms with Gasteiger partial charge in [0.2, 0.25) is 0 Å². The van der Waals surface area contributed by atoms with Gasteiger partial charge in [-0.1, -0.05) is 12.1 Å². The molecule has 1 aromatic heterocycles. The molecule has 1 atom stereocenters. The van der Waals surface area contributed by atoms with Crippen molar-refractivity contribution < 1.29 is 4.74 Å². The molecule has 19 heavy (non-hydrogen) atoms. The predicted octanol–water partition coefficient (Wildman–Crippen LogP) is 3.25.